The molecule has 3 aliphatic heterocycles. The van der Waals surface area contributed by atoms with Crippen LogP contribution in [0.25, 0.3) is 5.57 Å². The van der Waals surface area contributed by atoms with Crippen molar-refractivity contribution in [3.63, 3.8) is 0 Å². The maximum absolute atomic E-state index is 15.1. The lowest BCUT2D eigenvalue weighted by Gasteiger charge is -2.31. The molecule has 1 aromatic carbocycles. The number of anilines is 1. The SMILES string of the molecule is F[B-]1(F)n2cccc2C(c2ccc(N3CCSCCOCCOCCSCC3)cc2)=C2C=CC=[N+]21. The second kappa shape index (κ2) is 11.4. The summed E-state index contributed by atoms with van der Waals surface area (Å²) >= 11 is 3.80. The molecule has 3 aliphatic rings. The molecule has 0 bridgehead atoms. The molecule has 4 heterocycles. The fourth-order valence-corrected chi connectivity index (χ4v) is 6.21. The number of thioether (sulfide) groups is 2. The van der Waals surface area contributed by atoms with Crippen molar-refractivity contribution in [1.29, 1.82) is 0 Å². The van der Waals surface area contributed by atoms with Crippen molar-refractivity contribution >= 4 is 48.0 Å². The summed E-state index contributed by atoms with van der Waals surface area (Å²) < 4.78 is 43.6. The van der Waals surface area contributed by atoms with Gasteiger partial charge in [0.1, 0.15) is 6.21 Å². The summed E-state index contributed by atoms with van der Waals surface area (Å²) in [6.45, 7) is 0.865. The molecule has 0 saturated carbocycles. The van der Waals surface area contributed by atoms with Crippen LogP contribution in [0.4, 0.5) is 14.3 Å². The Morgan fingerprint density at radius 3 is 2.23 bits per heavy atom. The number of benzene rings is 1. The molecule has 0 spiro atoms. The molecule has 0 unspecified atom stereocenters. The third kappa shape index (κ3) is 5.40. The highest BCUT2D eigenvalue weighted by atomic mass is 32.2. The molecule has 186 valence electrons. The Morgan fingerprint density at radius 2 is 1.54 bits per heavy atom. The largest absolute Gasteiger partial charge is 0.737 e. The van der Waals surface area contributed by atoms with Crippen molar-refractivity contribution in [2.24, 2.45) is 0 Å². The van der Waals surface area contributed by atoms with E-state index < -0.39 is 6.97 Å². The quantitative estimate of drug-likeness (QED) is 0.550. The standard InChI is InChI=1S/C25H30BF2N3O2S2/c27-26(28)30-9-1-3-23(30)25(24-4-2-10-31(24)26)21-5-7-22(8-6-21)29-11-17-34-19-15-32-13-14-33-16-20-35-18-12-29/h1-10H,11-20H2. The van der Waals surface area contributed by atoms with E-state index in [1.54, 1.807) is 24.3 Å². The molecule has 35 heavy (non-hydrogen) atoms. The predicted molar refractivity (Wildman–Crippen MR) is 144 cm³/mol. The van der Waals surface area contributed by atoms with Gasteiger partial charge < -0.3 is 32.0 Å². The second-order valence-corrected chi connectivity index (χ2v) is 11.0. The molecule has 0 aliphatic carbocycles. The van der Waals surface area contributed by atoms with Gasteiger partial charge in [-0.3, -0.25) is 0 Å². The van der Waals surface area contributed by atoms with Crippen LogP contribution in [0.3, 0.4) is 0 Å². The van der Waals surface area contributed by atoms with E-state index in [9.17, 15) is 0 Å². The molecule has 1 aromatic heterocycles. The van der Waals surface area contributed by atoms with Crippen molar-refractivity contribution in [2.45, 2.75) is 0 Å². The lowest BCUT2D eigenvalue weighted by molar-refractivity contribution is -0.356. The number of hydrogen-bond acceptors (Lipinski definition) is 5. The molecule has 0 radical (unpaired) electrons. The summed E-state index contributed by atoms with van der Waals surface area (Å²) in [4.78, 5) is 2.42. The van der Waals surface area contributed by atoms with Crippen LogP contribution in [0, 0.1) is 0 Å². The topological polar surface area (TPSA) is 29.6 Å². The molecule has 5 nitrogen and oxygen atoms in total. The molecular weight excluding hydrogens is 487 g/mol. The van der Waals surface area contributed by atoms with Gasteiger partial charge >= 0.3 is 6.97 Å². The minimum Gasteiger partial charge on any atom is -0.396 e. The lowest BCUT2D eigenvalue weighted by atomic mass is 9.86. The van der Waals surface area contributed by atoms with Gasteiger partial charge in [0, 0.05) is 59.6 Å². The van der Waals surface area contributed by atoms with Crippen molar-refractivity contribution in [1.82, 2.24) is 4.48 Å². The molecular formula is C25H30BF2N3O2S2. The molecule has 10 heteroatoms. The fraction of sp³-hybridized carbons (Fsp3) is 0.400. The highest BCUT2D eigenvalue weighted by Crippen LogP contribution is 2.38. The average molecular weight is 517 g/mol. The Bertz CT molecular complexity index is 1100. The molecule has 0 atom stereocenters. The molecule has 5 rings (SSSR count). The normalized spacial score (nSPS) is 21.7. The van der Waals surface area contributed by atoms with E-state index in [0.717, 1.165) is 75.1 Å². The second-order valence-electron chi connectivity index (χ2n) is 8.55. The minimum absolute atomic E-state index is 0.556. The molecule has 0 amide bonds. The number of nitrogens with zero attached hydrogens (tertiary/aromatic N) is 3. The number of halogens is 2. The number of allylic oxidation sites excluding steroid dienone is 2. The number of ether oxygens (including phenoxy) is 2. The zero-order valence-corrected chi connectivity index (χ0v) is 21.3. The van der Waals surface area contributed by atoms with Gasteiger partial charge in [0.15, 0.2) is 5.70 Å². The predicted octanol–water partition coefficient (Wildman–Crippen LogP) is 4.46. The van der Waals surface area contributed by atoms with E-state index in [-0.39, 0.29) is 0 Å². The van der Waals surface area contributed by atoms with Crippen LogP contribution >= 0.6 is 23.5 Å². The summed E-state index contributed by atoms with van der Waals surface area (Å²) in [6, 6.07) is 11.8. The average Bonchev–Trinajstić information content (AvgIpc) is 3.54. The lowest BCUT2D eigenvalue weighted by Crippen LogP contribution is -2.49. The zero-order valence-electron chi connectivity index (χ0n) is 19.7. The van der Waals surface area contributed by atoms with E-state index in [0.29, 0.717) is 24.6 Å². The van der Waals surface area contributed by atoms with E-state index in [1.165, 1.54) is 12.4 Å². The van der Waals surface area contributed by atoms with E-state index in [2.05, 4.69) is 29.2 Å². The van der Waals surface area contributed by atoms with Gasteiger partial charge in [0.25, 0.3) is 0 Å². The Morgan fingerprint density at radius 1 is 0.857 bits per heavy atom. The number of rotatable bonds is 2. The summed E-state index contributed by atoms with van der Waals surface area (Å²) in [5.41, 5.74) is 4.04. The first-order valence-electron chi connectivity index (χ1n) is 12.1. The van der Waals surface area contributed by atoms with E-state index in [4.69, 9.17) is 9.47 Å². The smallest absolute Gasteiger partial charge is 0.396 e. The van der Waals surface area contributed by atoms with Gasteiger partial charge in [0.05, 0.1) is 32.0 Å². The van der Waals surface area contributed by atoms with E-state index >= 15 is 8.63 Å². The number of fused-ring (bicyclic) bond motifs is 2. The summed E-state index contributed by atoms with van der Waals surface area (Å²) in [5, 5.41) is 0. The van der Waals surface area contributed by atoms with Crippen molar-refractivity contribution in [3.8, 4) is 0 Å². The van der Waals surface area contributed by atoms with Gasteiger partial charge in [-0.25, -0.2) is 0 Å². The highest BCUT2D eigenvalue weighted by molar-refractivity contribution is 7.99. The Hall–Kier alpha value is -2.01. The third-order valence-electron chi connectivity index (χ3n) is 6.39. The first-order chi connectivity index (χ1) is 17.2. The maximum atomic E-state index is 15.1. The van der Waals surface area contributed by atoms with Gasteiger partial charge in [-0.2, -0.15) is 23.5 Å². The number of hydrogen-bond donors (Lipinski definition) is 0. The van der Waals surface area contributed by atoms with Crippen molar-refractivity contribution in [3.05, 3.63) is 71.7 Å². The molecule has 1 saturated heterocycles. The van der Waals surface area contributed by atoms with Crippen LogP contribution in [0.5, 0.6) is 0 Å². The third-order valence-corrected chi connectivity index (χ3v) is 8.24. The zero-order chi connectivity index (χ0) is 24.1. The summed E-state index contributed by atoms with van der Waals surface area (Å²) in [5.74, 6) is 4.01. The molecule has 0 N–H and O–H groups in total. The maximum Gasteiger partial charge on any atom is 0.737 e. The van der Waals surface area contributed by atoms with Crippen LogP contribution in [0.15, 0.2) is 60.4 Å². The fourth-order valence-electron chi connectivity index (χ4n) is 4.63. The number of aromatic nitrogens is 1. The molecule has 1 fully saturated rings. The summed E-state index contributed by atoms with van der Waals surface area (Å²) in [7, 11) is 0. The van der Waals surface area contributed by atoms with Gasteiger partial charge in [-0.1, -0.05) is 12.1 Å². The van der Waals surface area contributed by atoms with Gasteiger partial charge in [0.2, 0.25) is 0 Å². The van der Waals surface area contributed by atoms with Crippen LogP contribution < -0.4 is 4.90 Å². The van der Waals surface area contributed by atoms with Crippen LogP contribution in [0.2, 0.25) is 0 Å². The van der Waals surface area contributed by atoms with Crippen LogP contribution in [-0.2, 0) is 9.47 Å². The van der Waals surface area contributed by atoms with Crippen LogP contribution in [-0.4, -0.2) is 84.7 Å². The Labute approximate surface area is 213 Å². The van der Waals surface area contributed by atoms with Crippen LogP contribution in [0.1, 0.15) is 11.3 Å². The highest BCUT2D eigenvalue weighted by Gasteiger charge is 2.51. The monoisotopic (exact) mass is 517 g/mol. The van der Waals surface area contributed by atoms with Crippen molar-refractivity contribution in [2.75, 3.05) is 67.4 Å². The first kappa shape index (κ1) is 24.7. The van der Waals surface area contributed by atoms with E-state index in [1.807, 2.05) is 23.5 Å². The molecule has 2 aromatic rings. The summed E-state index contributed by atoms with van der Waals surface area (Å²) in [6.07, 6.45) is 6.42. The first-order valence-corrected chi connectivity index (χ1v) is 14.4. The Balaban J connectivity index is 1.35. The minimum atomic E-state index is -3.87. The van der Waals surface area contributed by atoms with Crippen molar-refractivity contribution < 1.29 is 22.6 Å². The van der Waals surface area contributed by atoms with Gasteiger partial charge in [-0.15, -0.1) is 0 Å². The van der Waals surface area contributed by atoms with Gasteiger partial charge in [-0.05, 0) is 36.0 Å². The Kier molecular flexibility index (Phi) is 8.02.